The molecule has 0 aliphatic carbocycles. The minimum Gasteiger partial charge on any atom is -0.444 e. The van der Waals surface area contributed by atoms with Crippen LogP contribution in [0.15, 0.2) is 53.5 Å². The number of anilines is 1. The number of nitrogens with one attached hydrogen (secondary N) is 1. The van der Waals surface area contributed by atoms with Gasteiger partial charge in [-0.25, -0.2) is 9.79 Å². The number of hydrogen-bond donors (Lipinski definition) is 1. The van der Waals surface area contributed by atoms with E-state index in [-0.39, 0.29) is 19.1 Å². The van der Waals surface area contributed by atoms with E-state index in [1.807, 2.05) is 30.3 Å². The van der Waals surface area contributed by atoms with E-state index in [2.05, 4.69) is 10.3 Å². The number of nitrogens with zero attached hydrogens (tertiary/aromatic N) is 2. The number of hydrogen-bond acceptors (Lipinski definition) is 5. The number of fused-ring (bicyclic) bond motifs is 1. The lowest BCUT2D eigenvalue weighted by Crippen LogP contribution is -2.38. The van der Waals surface area contributed by atoms with Crippen LogP contribution in [0, 0.1) is 0 Å². The number of likely N-dealkylation sites (N-methyl/N-ethyl adjacent to an activating group) is 1. The number of carbonyl (C=O) groups excluding carboxylic acids is 2. The Morgan fingerprint density at radius 1 is 1.19 bits per heavy atom. The molecule has 1 heterocycles. The quantitative estimate of drug-likeness (QED) is 0.708. The maximum atomic E-state index is 13.0. The lowest BCUT2D eigenvalue weighted by atomic mass is 10.0. The van der Waals surface area contributed by atoms with Crippen molar-refractivity contribution in [1.29, 1.82) is 0 Å². The largest absolute Gasteiger partial charge is 0.444 e. The third kappa shape index (κ3) is 5.83. The van der Waals surface area contributed by atoms with Gasteiger partial charge in [0.1, 0.15) is 5.60 Å². The van der Waals surface area contributed by atoms with Crippen molar-refractivity contribution in [1.82, 2.24) is 5.32 Å². The van der Waals surface area contributed by atoms with Gasteiger partial charge in [0, 0.05) is 29.7 Å². The van der Waals surface area contributed by atoms with Crippen molar-refractivity contribution < 1.29 is 19.1 Å². The van der Waals surface area contributed by atoms with Crippen molar-refractivity contribution in [3.05, 3.63) is 64.7 Å². The molecule has 1 aliphatic rings. The summed E-state index contributed by atoms with van der Waals surface area (Å²) in [4.78, 5) is 31.0. The molecule has 3 rings (SSSR count). The fourth-order valence-electron chi connectivity index (χ4n) is 3.09. The molecular weight excluding hydrogens is 418 g/mol. The second-order valence-electron chi connectivity index (χ2n) is 8.05. The summed E-state index contributed by atoms with van der Waals surface area (Å²) in [5.74, 6) is -0.313. The Balaban J connectivity index is 1.82. The topological polar surface area (TPSA) is 80.2 Å². The summed E-state index contributed by atoms with van der Waals surface area (Å²) in [6, 6.07) is 14.9. The Bertz CT molecular complexity index is 986. The average Bonchev–Trinajstić information content (AvgIpc) is 2.80. The normalized spacial score (nSPS) is 16.3. The Hall–Kier alpha value is -2.90. The molecule has 1 atom stereocenters. The number of alkyl carbamates (subject to hydrolysis) is 1. The summed E-state index contributed by atoms with van der Waals surface area (Å²) in [7, 11) is 1.67. The zero-order valence-corrected chi connectivity index (χ0v) is 18.8. The first-order chi connectivity index (χ1) is 14.7. The van der Waals surface area contributed by atoms with Gasteiger partial charge in [-0.1, -0.05) is 41.9 Å². The second-order valence-corrected chi connectivity index (χ2v) is 8.49. The Morgan fingerprint density at radius 2 is 1.90 bits per heavy atom. The molecule has 164 valence electrons. The van der Waals surface area contributed by atoms with Crippen LogP contribution in [-0.4, -0.2) is 49.7 Å². The number of halogens is 1. The van der Waals surface area contributed by atoms with Crippen molar-refractivity contribution in [3.63, 3.8) is 0 Å². The van der Waals surface area contributed by atoms with Crippen LogP contribution < -0.4 is 10.2 Å². The molecule has 0 radical (unpaired) electrons. The highest BCUT2D eigenvalue weighted by molar-refractivity contribution is 6.32. The van der Waals surface area contributed by atoms with Crippen molar-refractivity contribution >= 4 is 35.0 Å². The minimum atomic E-state index is -1.06. The summed E-state index contributed by atoms with van der Waals surface area (Å²) < 4.78 is 11.0. The molecule has 0 saturated carbocycles. The first-order valence-corrected chi connectivity index (χ1v) is 10.3. The number of carbonyl (C=O) groups is 2. The Labute approximate surface area is 187 Å². The van der Waals surface area contributed by atoms with Crippen LogP contribution in [-0.2, 0) is 14.3 Å². The predicted molar refractivity (Wildman–Crippen MR) is 121 cm³/mol. The van der Waals surface area contributed by atoms with Gasteiger partial charge in [-0.2, -0.15) is 0 Å². The predicted octanol–water partition coefficient (Wildman–Crippen LogP) is 4.02. The van der Waals surface area contributed by atoms with Gasteiger partial charge in [-0.3, -0.25) is 4.79 Å². The molecule has 8 heteroatoms. The third-order valence-electron chi connectivity index (χ3n) is 4.46. The van der Waals surface area contributed by atoms with Crippen LogP contribution >= 0.6 is 11.6 Å². The first kappa shape index (κ1) is 22.8. The Kier molecular flexibility index (Phi) is 6.97. The molecular formula is C23H26ClN3O4. The zero-order chi connectivity index (χ0) is 22.6. The maximum absolute atomic E-state index is 13.0. The van der Waals surface area contributed by atoms with Gasteiger partial charge in [0.15, 0.2) is 0 Å². The van der Waals surface area contributed by atoms with Crippen LogP contribution in [0.2, 0.25) is 5.02 Å². The highest BCUT2D eigenvalue weighted by Crippen LogP contribution is 2.30. The van der Waals surface area contributed by atoms with Gasteiger partial charge in [0.05, 0.1) is 18.0 Å². The van der Waals surface area contributed by atoms with Gasteiger partial charge in [0.2, 0.25) is 6.23 Å². The standard InChI is InChI=1S/C23H26ClN3O4/c1-23(2,3)31-22(29)25-12-13-30-20-21(28)27(4)18-11-10-16(24)14-17(18)19(26-20)15-8-6-5-7-9-15/h5-11,14,20H,12-13H2,1-4H3,(H,25,29). The van der Waals surface area contributed by atoms with Gasteiger partial charge >= 0.3 is 6.09 Å². The molecule has 2 amide bonds. The number of rotatable bonds is 5. The lowest BCUT2D eigenvalue weighted by Gasteiger charge is -2.21. The smallest absolute Gasteiger partial charge is 0.407 e. The highest BCUT2D eigenvalue weighted by Gasteiger charge is 2.30. The van der Waals surface area contributed by atoms with Crippen molar-refractivity contribution in [2.75, 3.05) is 25.1 Å². The van der Waals surface area contributed by atoms with E-state index in [1.165, 1.54) is 4.90 Å². The number of ether oxygens (including phenoxy) is 2. The van der Waals surface area contributed by atoms with Gasteiger partial charge in [0.25, 0.3) is 5.91 Å². The summed E-state index contributed by atoms with van der Waals surface area (Å²) in [6.07, 6.45) is -1.61. The summed E-state index contributed by atoms with van der Waals surface area (Å²) in [5.41, 5.74) is 2.30. The highest BCUT2D eigenvalue weighted by atomic mass is 35.5. The van der Waals surface area contributed by atoms with E-state index >= 15 is 0 Å². The maximum Gasteiger partial charge on any atom is 0.407 e. The molecule has 0 fully saturated rings. The van der Waals surface area contributed by atoms with Crippen LogP contribution in [0.3, 0.4) is 0 Å². The van der Waals surface area contributed by atoms with E-state index in [4.69, 9.17) is 21.1 Å². The first-order valence-electron chi connectivity index (χ1n) is 9.95. The number of amides is 2. The van der Waals surface area contributed by atoms with Crippen LogP contribution in [0.1, 0.15) is 31.9 Å². The molecule has 0 bridgehead atoms. The van der Waals surface area contributed by atoms with E-state index in [0.29, 0.717) is 16.4 Å². The average molecular weight is 444 g/mol. The molecule has 31 heavy (non-hydrogen) atoms. The van der Waals surface area contributed by atoms with E-state index < -0.39 is 17.9 Å². The minimum absolute atomic E-state index is 0.0894. The van der Waals surface area contributed by atoms with E-state index in [1.54, 1.807) is 46.0 Å². The van der Waals surface area contributed by atoms with Gasteiger partial charge < -0.3 is 19.7 Å². The van der Waals surface area contributed by atoms with Crippen molar-refractivity contribution in [3.8, 4) is 0 Å². The molecule has 1 N–H and O–H groups in total. The molecule has 0 saturated heterocycles. The number of benzene rings is 2. The fourth-order valence-corrected chi connectivity index (χ4v) is 3.26. The van der Waals surface area contributed by atoms with Crippen LogP contribution in [0.5, 0.6) is 0 Å². The molecule has 1 unspecified atom stereocenters. The lowest BCUT2D eigenvalue weighted by molar-refractivity contribution is -0.129. The Morgan fingerprint density at radius 3 is 2.58 bits per heavy atom. The molecule has 2 aromatic carbocycles. The number of aliphatic imine (C=N–C) groups is 1. The summed E-state index contributed by atoms with van der Waals surface area (Å²) in [6.45, 7) is 5.62. The van der Waals surface area contributed by atoms with Crippen molar-refractivity contribution in [2.45, 2.75) is 32.6 Å². The molecule has 2 aromatic rings. The van der Waals surface area contributed by atoms with Gasteiger partial charge in [-0.05, 0) is 39.0 Å². The van der Waals surface area contributed by atoms with E-state index in [0.717, 1.165) is 11.1 Å². The summed E-state index contributed by atoms with van der Waals surface area (Å²) >= 11 is 6.24. The molecule has 0 aromatic heterocycles. The summed E-state index contributed by atoms with van der Waals surface area (Å²) in [5, 5.41) is 3.16. The van der Waals surface area contributed by atoms with Crippen LogP contribution in [0.25, 0.3) is 0 Å². The molecule has 0 spiro atoms. The monoisotopic (exact) mass is 443 g/mol. The second kappa shape index (κ2) is 9.49. The zero-order valence-electron chi connectivity index (χ0n) is 18.0. The third-order valence-corrected chi connectivity index (χ3v) is 4.69. The SMILES string of the molecule is CN1C(=O)C(OCCNC(=O)OC(C)(C)C)N=C(c2ccccc2)c2cc(Cl)ccc21. The fraction of sp³-hybridized carbons (Fsp3) is 0.348. The molecule has 7 nitrogen and oxygen atoms in total. The van der Waals surface area contributed by atoms with Gasteiger partial charge in [-0.15, -0.1) is 0 Å². The number of benzodiazepines with no additional fused rings is 1. The van der Waals surface area contributed by atoms with Crippen LogP contribution in [0.4, 0.5) is 10.5 Å². The van der Waals surface area contributed by atoms with Crippen molar-refractivity contribution in [2.24, 2.45) is 4.99 Å². The van der Waals surface area contributed by atoms with E-state index in [9.17, 15) is 9.59 Å². The molecule has 1 aliphatic heterocycles.